The highest BCUT2D eigenvalue weighted by atomic mass is 35.5. The van der Waals surface area contributed by atoms with Crippen molar-refractivity contribution in [1.29, 1.82) is 0 Å². The van der Waals surface area contributed by atoms with Crippen LogP contribution in [0.25, 0.3) is 0 Å². The first-order chi connectivity index (χ1) is 8.90. The molecule has 2 aromatic rings. The largest absolute Gasteiger partial charge is 0.488 e. The van der Waals surface area contributed by atoms with Gasteiger partial charge in [-0.2, -0.15) is 0 Å². The molecule has 2 rings (SSSR count). The van der Waals surface area contributed by atoms with E-state index in [2.05, 4.69) is 16.8 Å². The number of rotatable bonds is 3. The molecule has 0 aliphatic rings. The summed E-state index contributed by atoms with van der Waals surface area (Å²) in [4.78, 5) is 4.04. The Balaban J connectivity index is 2.09. The highest BCUT2D eigenvalue weighted by Gasteiger charge is 2.00. The number of benzene rings is 1. The minimum absolute atomic E-state index is 0.316. The average molecular weight is 258 g/mol. The van der Waals surface area contributed by atoms with Crippen molar-refractivity contribution in [2.75, 3.05) is 5.88 Å². The molecule has 18 heavy (non-hydrogen) atoms. The van der Waals surface area contributed by atoms with Crippen LogP contribution in [0.1, 0.15) is 11.1 Å². The zero-order valence-electron chi connectivity index (χ0n) is 9.77. The number of ether oxygens (including phenoxy) is 1. The van der Waals surface area contributed by atoms with Crippen LogP contribution in [-0.4, -0.2) is 10.9 Å². The maximum Gasteiger partial charge on any atom is 0.135 e. The molecule has 0 unspecified atom stereocenters. The minimum atomic E-state index is 0.316. The van der Waals surface area contributed by atoms with Gasteiger partial charge in [0, 0.05) is 18.0 Å². The Labute approximate surface area is 112 Å². The Hall–Kier alpha value is -1.98. The summed E-state index contributed by atoms with van der Waals surface area (Å²) in [5, 5.41) is 0. The van der Waals surface area contributed by atoms with Gasteiger partial charge in [0.1, 0.15) is 12.4 Å². The molecule has 0 amide bonds. The highest BCUT2D eigenvalue weighted by Crippen LogP contribution is 2.18. The standard InChI is InChI=1S/C15H12ClNO/c16-9-3-7-14-6-1-2-8-15(14)18-12-13-5-4-10-17-11-13/h1-2,4-6,8,10-11H,9,12H2. The lowest BCUT2D eigenvalue weighted by atomic mass is 10.2. The summed E-state index contributed by atoms with van der Waals surface area (Å²) < 4.78 is 5.73. The average Bonchev–Trinajstić information content (AvgIpc) is 2.45. The predicted molar refractivity (Wildman–Crippen MR) is 72.6 cm³/mol. The van der Waals surface area contributed by atoms with Crippen molar-refractivity contribution in [1.82, 2.24) is 4.98 Å². The molecule has 0 aliphatic heterocycles. The first-order valence-corrected chi connectivity index (χ1v) is 6.09. The van der Waals surface area contributed by atoms with E-state index in [0.29, 0.717) is 12.5 Å². The summed E-state index contributed by atoms with van der Waals surface area (Å²) in [5.74, 6) is 6.88. The zero-order valence-corrected chi connectivity index (χ0v) is 10.5. The first-order valence-electron chi connectivity index (χ1n) is 5.55. The molecule has 0 aliphatic carbocycles. The number of alkyl halides is 1. The Kier molecular flexibility index (Phi) is 4.63. The Morgan fingerprint density at radius 2 is 2.06 bits per heavy atom. The number of hydrogen-bond donors (Lipinski definition) is 0. The second-order valence-electron chi connectivity index (χ2n) is 3.58. The lowest BCUT2D eigenvalue weighted by Gasteiger charge is -2.07. The van der Waals surface area contributed by atoms with Crippen molar-refractivity contribution >= 4 is 11.6 Å². The van der Waals surface area contributed by atoms with E-state index >= 15 is 0 Å². The van der Waals surface area contributed by atoms with Gasteiger partial charge in [-0.1, -0.05) is 30.0 Å². The Morgan fingerprint density at radius 3 is 2.83 bits per heavy atom. The van der Waals surface area contributed by atoms with Crippen molar-refractivity contribution < 1.29 is 4.74 Å². The fraction of sp³-hybridized carbons (Fsp3) is 0.133. The van der Waals surface area contributed by atoms with Crippen LogP contribution in [0.15, 0.2) is 48.8 Å². The summed E-state index contributed by atoms with van der Waals surface area (Å²) in [5.41, 5.74) is 1.87. The van der Waals surface area contributed by atoms with Crippen LogP contribution >= 0.6 is 11.6 Å². The zero-order chi connectivity index (χ0) is 12.6. The first kappa shape index (κ1) is 12.5. The van der Waals surface area contributed by atoms with Gasteiger partial charge in [0.05, 0.1) is 11.4 Å². The quantitative estimate of drug-likeness (QED) is 0.622. The van der Waals surface area contributed by atoms with E-state index in [9.17, 15) is 0 Å². The normalized spacial score (nSPS) is 9.39. The van der Waals surface area contributed by atoms with Gasteiger partial charge < -0.3 is 4.74 Å². The van der Waals surface area contributed by atoms with Gasteiger partial charge in [-0.25, -0.2) is 0 Å². The Morgan fingerprint density at radius 1 is 1.17 bits per heavy atom. The van der Waals surface area contributed by atoms with E-state index in [0.717, 1.165) is 16.9 Å². The van der Waals surface area contributed by atoms with E-state index in [-0.39, 0.29) is 0 Å². The van der Waals surface area contributed by atoms with E-state index in [1.165, 1.54) is 0 Å². The molecule has 3 heteroatoms. The van der Waals surface area contributed by atoms with Crippen molar-refractivity contribution in [3.63, 3.8) is 0 Å². The van der Waals surface area contributed by atoms with Gasteiger partial charge >= 0.3 is 0 Å². The van der Waals surface area contributed by atoms with Crippen LogP contribution < -0.4 is 4.74 Å². The Bertz CT molecular complexity index is 557. The van der Waals surface area contributed by atoms with Crippen LogP contribution in [0, 0.1) is 11.8 Å². The molecule has 1 aromatic carbocycles. The molecule has 2 nitrogen and oxygen atoms in total. The summed E-state index contributed by atoms with van der Waals surface area (Å²) in [6.07, 6.45) is 3.52. The van der Waals surface area contributed by atoms with Crippen LogP contribution in [0.3, 0.4) is 0 Å². The third-order valence-electron chi connectivity index (χ3n) is 2.29. The lowest BCUT2D eigenvalue weighted by molar-refractivity contribution is 0.305. The van der Waals surface area contributed by atoms with E-state index in [1.54, 1.807) is 12.4 Å². The van der Waals surface area contributed by atoms with Gasteiger partial charge in [-0.05, 0) is 18.2 Å². The number of hydrogen-bond acceptors (Lipinski definition) is 2. The minimum Gasteiger partial charge on any atom is -0.488 e. The van der Waals surface area contributed by atoms with E-state index < -0.39 is 0 Å². The maximum absolute atomic E-state index is 5.73. The van der Waals surface area contributed by atoms with Crippen molar-refractivity contribution in [3.05, 3.63) is 59.9 Å². The molecule has 0 saturated carbocycles. The molecule has 1 heterocycles. The molecule has 0 fully saturated rings. The maximum atomic E-state index is 5.73. The number of nitrogens with zero attached hydrogens (tertiary/aromatic N) is 1. The van der Waals surface area contributed by atoms with Crippen LogP contribution in [0.4, 0.5) is 0 Å². The van der Waals surface area contributed by atoms with Crippen LogP contribution in [0.5, 0.6) is 5.75 Å². The number of para-hydroxylation sites is 1. The summed E-state index contributed by atoms with van der Waals surface area (Å²) in [6.45, 7) is 0.480. The molecule has 1 aromatic heterocycles. The van der Waals surface area contributed by atoms with E-state index in [4.69, 9.17) is 16.3 Å². The van der Waals surface area contributed by atoms with Crippen molar-refractivity contribution in [3.8, 4) is 17.6 Å². The number of pyridine rings is 1. The van der Waals surface area contributed by atoms with Crippen molar-refractivity contribution in [2.45, 2.75) is 6.61 Å². The SMILES string of the molecule is ClCC#Cc1ccccc1OCc1cccnc1. The van der Waals surface area contributed by atoms with Crippen LogP contribution in [-0.2, 0) is 6.61 Å². The van der Waals surface area contributed by atoms with Gasteiger partial charge in [0.15, 0.2) is 0 Å². The molecule has 0 atom stereocenters. The molecular formula is C15H12ClNO. The van der Waals surface area contributed by atoms with Crippen LogP contribution in [0.2, 0.25) is 0 Å². The fourth-order valence-corrected chi connectivity index (χ4v) is 1.54. The summed E-state index contributed by atoms with van der Waals surface area (Å²) in [6, 6.07) is 11.5. The van der Waals surface area contributed by atoms with Gasteiger partial charge in [0.25, 0.3) is 0 Å². The molecular weight excluding hydrogens is 246 g/mol. The van der Waals surface area contributed by atoms with E-state index in [1.807, 2.05) is 36.4 Å². The number of aromatic nitrogens is 1. The smallest absolute Gasteiger partial charge is 0.135 e. The lowest BCUT2D eigenvalue weighted by Crippen LogP contribution is -1.97. The molecule has 0 saturated heterocycles. The highest BCUT2D eigenvalue weighted by molar-refractivity contribution is 6.19. The fourth-order valence-electron chi connectivity index (χ4n) is 1.47. The topological polar surface area (TPSA) is 22.1 Å². The third kappa shape index (κ3) is 3.51. The second-order valence-corrected chi connectivity index (χ2v) is 3.85. The predicted octanol–water partition coefficient (Wildman–Crippen LogP) is 3.25. The third-order valence-corrected chi connectivity index (χ3v) is 2.43. The van der Waals surface area contributed by atoms with Gasteiger partial charge in [-0.15, -0.1) is 11.6 Å². The molecule has 0 radical (unpaired) electrons. The van der Waals surface area contributed by atoms with Gasteiger partial charge in [-0.3, -0.25) is 4.98 Å². The van der Waals surface area contributed by atoms with Crippen molar-refractivity contribution in [2.24, 2.45) is 0 Å². The molecule has 0 bridgehead atoms. The molecule has 90 valence electrons. The second kappa shape index (κ2) is 6.68. The summed E-state index contributed by atoms with van der Waals surface area (Å²) in [7, 11) is 0. The number of halogens is 1. The van der Waals surface area contributed by atoms with Gasteiger partial charge in [0.2, 0.25) is 0 Å². The summed E-state index contributed by atoms with van der Waals surface area (Å²) >= 11 is 5.55. The molecule has 0 spiro atoms. The molecule has 0 N–H and O–H groups in total. The monoisotopic (exact) mass is 257 g/mol.